The average molecular weight is 413 g/mol. The fraction of sp³-hybridized carbons (Fsp3) is 0.200. The van der Waals surface area contributed by atoms with Crippen molar-refractivity contribution >= 4 is 27.7 Å². The van der Waals surface area contributed by atoms with Crippen molar-refractivity contribution in [2.75, 3.05) is 31.6 Å². The van der Waals surface area contributed by atoms with Crippen molar-refractivity contribution in [3.05, 3.63) is 59.7 Å². The van der Waals surface area contributed by atoms with Crippen LogP contribution in [0.1, 0.15) is 15.9 Å². The highest BCUT2D eigenvalue weighted by Crippen LogP contribution is 2.17. The van der Waals surface area contributed by atoms with Gasteiger partial charge in [0.15, 0.2) is 0 Å². The average Bonchev–Trinajstić information content (AvgIpc) is 3.17. The number of esters is 1. The lowest BCUT2D eigenvalue weighted by atomic mass is 10.2. The summed E-state index contributed by atoms with van der Waals surface area (Å²) in [5.41, 5.74) is 1.75. The molecule has 1 saturated heterocycles. The molecule has 3 rings (SSSR count). The van der Waals surface area contributed by atoms with Gasteiger partial charge >= 0.3 is 12.0 Å². The molecular weight excluding hydrogens is 394 g/mol. The highest BCUT2D eigenvalue weighted by atomic mass is 32.2. The van der Waals surface area contributed by atoms with Crippen LogP contribution in [0.2, 0.25) is 0 Å². The predicted octanol–water partition coefficient (Wildman–Crippen LogP) is 1.33. The molecule has 150 valence electrons. The number of anilines is 1. The molecule has 2 amide bonds. The maximum atomic E-state index is 12.3. The number of sulfonamides is 1. The van der Waals surface area contributed by atoms with Gasteiger partial charge < -0.3 is 10.1 Å². The van der Waals surface area contributed by atoms with Gasteiger partial charge in [0.05, 0.1) is 24.1 Å². The second kappa shape index (κ2) is 8.77. The van der Waals surface area contributed by atoms with Crippen molar-refractivity contribution in [3.8, 4) is 11.8 Å². The van der Waals surface area contributed by atoms with E-state index in [1.54, 1.807) is 29.2 Å². The van der Waals surface area contributed by atoms with Gasteiger partial charge in [-0.1, -0.05) is 11.8 Å². The first kappa shape index (κ1) is 20.4. The van der Waals surface area contributed by atoms with Crippen LogP contribution < -0.4 is 14.9 Å². The Labute approximate surface area is 168 Å². The van der Waals surface area contributed by atoms with Crippen LogP contribution in [0.4, 0.5) is 10.5 Å². The van der Waals surface area contributed by atoms with E-state index in [0.717, 1.165) is 5.69 Å². The van der Waals surface area contributed by atoms with Crippen molar-refractivity contribution < 1.29 is 22.7 Å². The van der Waals surface area contributed by atoms with Gasteiger partial charge in [-0.2, -0.15) is 4.72 Å². The van der Waals surface area contributed by atoms with Gasteiger partial charge in [-0.25, -0.2) is 18.0 Å². The third-order valence-corrected chi connectivity index (χ3v) is 5.62. The molecule has 0 spiro atoms. The summed E-state index contributed by atoms with van der Waals surface area (Å²) in [5, 5.41) is 2.73. The van der Waals surface area contributed by atoms with E-state index >= 15 is 0 Å². The monoisotopic (exact) mass is 413 g/mol. The summed E-state index contributed by atoms with van der Waals surface area (Å²) >= 11 is 0. The molecule has 0 radical (unpaired) electrons. The first-order valence-electron chi connectivity index (χ1n) is 8.73. The predicted molar refractivity (Wildman–Crippen MR) is 107 cm³/mol. The Morgan fingerprint density at radius 3 is 2.45 bits per heavy atom. The van der Waals surface area contributed by atoms with Crippen LogP contribution in [-0.4, -0.2) is 47.2 Å². The number of nitrogens with zero attached hydrogens (tertiary/aromatic N) is 1. The standard InChI is InChI=1S/C20H19N3O5S/c1-28-19(24)16-6-10-18(11-7-16)29(26,27)22-12-2-3-15-4-8-17(9-5-15)23-14-13-21-20(23)25/h4-11,22H,12-14H2,1H3,(H,21,25). The fourth-order valence-corrected chi connectivity index (χ4v) is 3.61. The molecule has 0 saturated carbocycles. The van der Waals surface area contributed by atoms with Crippen molar-refractivity contribution in [2.45, 2.75) is 4.90 Å². The summed E-state index contributed by atoms with van der Waals surface area (Å²) in [6, 6.07) is 12.4. The van der Waals surface area contributed by atoms with Crippen molar-refractivity contribution in [2.24, 2.45) is 0 Å². The highest BCUT2D eigenvalue weighted by Gasteiger charge is 2.20. The van der Waals surface area contributed by atoms with E-state index in [-0.39, 0.29) is 23.0 Å². The van der Waals surface area contributed by atoms with Gasteiger partial charge in [0.25, 0.3) is 0 Å². The van der Waals surface area contributed by atoms with E-state index < -0.39 is 16.0 Å². The van der Waals surface area contributed by atoms with E-state index in [0.29, 0.717) is 18.7 Å². The number of methoxy groups -OCH3 is 1. The molecule has 0 aromatic heterocycles. The largest absolute Gasteiger partial charge is 0.465 e. The van der Waals surface area contributed by atoms with E-state index in [1.165, 1.54) is 31.4 Å². The minimum atomic E-state index is -3.74. The molecular formula is C20H19N3O5S. The number of urea groups is 1. The molecule has 0 atom stereocenters. The Hall–Kier alpha value is -3.35. The van der Waals surface area contributed by atoms with Gasteiger partial charge in [0, 0.05) is 24.3 Å². The number of benzene rings is 2. The van der Waals surface area contributed by atoms with Crippen molar-refractivity contribution in [1.29, 1.82) is 0 Å². The molecule has 1 aliphatic heterocycles. The van der Waals surface area contributed by atoms with Gasteiger partial charge in [-0.05, 0) is 48.5 Å². The first-order valence-corrected chi connectivity index (χ1v) is 10.2. The minimum Gasteiger partial charge on any atom is -0.465 e. The molecule has 29 heavy (non-hydrogen) atoms. The van der Waals surface area contributed by atoms with Gasteiger partial charge in [0.2, 0.25) is 10.0 Å². The summed E-state index contributed by atoms with van der Waals surface area (Å²) in [6.07, 6.45) is 0. The maximum absolute atomic E-state index is 12.3. The van der Waals surface area contributed by atoms with E-state index in [4.69, 9.17) is 0 Å². The zero-order chi connectivity index (χ0) is 20.9. The molecule has 2 aromatic rings. The maximum Gasteiger partial charge on any atom is 0.337 e. The number of hydrogen-bond donors (Lipinski definition) is 2. The fourth-order valence-electron chi connectivity index (χ4n) is 2.69. The molecule has 1 fully saturated rings. The molecule has 1 aliphatic rings. The first-order chi connectivity index (χ1) is 13.9. The Kier molecular flexibility index (Phi) is 6.16. The zero-order valence-electron chi connectivity index (χ0n) is 15.6. The molecule has 8 nitrogen and oxygen atoms in total. The van der Waals surface area contributed by atoms with Crippen LogP contribution in [0, 0.1) is 11.8 Å². The summed E-state index contributed by atoms with van der Waals surface area (Å²) in [6.45, 7) is 1.16. The molecule has 2 aromatic carbocycles. The third-order valence-electron chi connectivity index (χ3n) is 4.20. The van der Waals surface area contributed by atoms with Crippen LogP contribution in [0.3, 0.4) is 0 Å². The van der Waals surface area contributed by atoms with E-state index in [1.807, 2.05) is 0 Å². The lowest BCUT2D eigenvalue weighted by Crippen LogP contribution is -2.27. The second-order valence-corrected chi connectivity index (χ2v) is 7.84. The lowest BCUT2D eigenvalue weighted by molar-refractivity contribution is 0.0600. The van der Waals surface area contributed by atoms with Crippen LogP contribution in [0.5, 0.6) is 0 Å². The SMILES string of the molecule is COC(=O)c1ccc(S(=O)(=O)NCC#Cc2ccc(N3CCNC3=O)cc2)cc1. The van der Waals surface area contributed by atoms with E-state index in [9.17, 15) is 18.0 Å². The van der Waals surface area contributed by atoms with Gasteiger partial charge in [0.1, 0.15) is 0 Å². The quantitative estimate of drug-likeness (QED) is 0.568. The van der Waals surface area contributed by atoms with Crippen LogP contribution in [-0.2, 0) is 14.8 Å². The Morgan fingerprint density at radius 2 is 1.86 bits per heavy atom. The van der Waals surface area contributed by atoms with Crippen LogP contribution >= 0.6 is 0 Å². The number of carbonyl (C=O) groups excluding carboxylic acids is 2. The summed E-state index contributed by atoms with van der Waals surface area (Å²) in [4.78, 5) is 24.7. The molecule has 0 bridgehead atoms. The molecule has 0 unspecified atom stereocenters. The van der Waals surface area contributed by atoms with Crippen molar-refractivity contribution in [1.82, 2.24) is 10.0 Å². The highest BCUT2D eigenvalue weighted by molar-refractivity contribution is 7.89. The Balaban J connectivity index is 1.59. The number of ether oxygens (including phenoxy) is 1. The Morgan fingerprint density at radius 1 is 1.17 bits per heavy atom. The van der Waals surface area contributed by atoms with Crippen LogP contribution in [0.15, 0.2) is 53.4 Å². The third kappa shape index (κ3) is 4.93. The topological polar surface area (TPSA) is 105 Å². The van der Waals surface area contributed by atoms with Gasteiger partial charge in [-0.3, -0.25) is 4.90 Å². The molecule has 0 aliphatic carbocycles. The number of amides is 2. The molecule has 2 N–H and O–H groups in total. The zero-order valence-corrected chi connectivity index (χ0v) is 16.5. The lowest BCUT2D eigenvalue weighted by Gasteiger charge is -2.13. The summed E-state index contributed by atoms with van der Waals surface area (Å²) in [7, 11) is -2.49. The number of rotatable bonds is 5. The van der Waals surface area contributed by atoms with Crippen LogP contribution in [0.25, 0.3) is 0 Å². The summed E-state index contributed by atoms with van der Waals surface area (Å²) < 4.78 is 31.5. The van der Waals surface area contributed by atoms with Gasteiger partial charge in [-0.15, -0.1) is 0 Å². The number of hydrogen-bond acceptors (Lipinski definition) is 5. The second-order valence-electron chi connectivity index (χ2n) is 6.07. The normalized spacial score (nSPS) is 13.4. The molecule has 9 heteroatoms. The molecule has 1 heterocycles. The van der Waals surface area contributed by atoms with Crippen molar-refractivity contribution in [3.63, 3.8) is 0 Å². The number of nitrogens with one attached hydrogen (secondary N) is 2. The summed E-state index contributed by atoms with van der Waals surface area (Å²) in [5.74, 6) is 5.09. The number of carbonyl (C=O) groups is 2. The Bertz CT molecular complexity index is 1070. The minimum absolute atomic E-state index is 0.0280. The van der Waals surface area contributed by atoms with E-state index in [2.05, 4.69) is 26.6 Å². The smallest absolute Gasteiger partial charge is 0.337 e.